The van der Waals surface area contributed by atoms with E-state index >= 15 is 0 Å². The maximum absolute atomic E-state index is 13.0. The van der Waals surface area contributed by atoms with Crippen LogP contribution >= 0.6 is 0 Å². The van der Waals surface area contributed by atoms with Gasteiger partial charge < -0.3 is 32.4 Å². The van der Waals surface area contributed by atoms with Gasteiger partial charge in [-0.15, -0.1) is 0 Å². The number of fused-ring (bicyclic) bond motifs is 1. The topological polar surface area (TPSA) is 156 Å². The van der Waals surface area contributed by atoms with E-state index in [0.717, 1.165) is 54.9 Å². The number of halogens is 1. The molecule has 1 saturated heterocycles. The van der Waals surface area contributed by atoms with Crippen molar-refractivity contribution in [1.82, 2.24) is 24.8 Å². The van der Waals surface area contributed by atoms with Gasteiger partial charge in [0.15, 0.2) is 5.96 Å². The van der Waals surface area contributed by atoms with Crippen molar-refractivity contribution in [1.29, 1.82) is 0 Å². The van der Waals surface area contributed by atoms with E-state index in [0.29, 0.717) is 30.1 Å². The number of benzene rings is 1. The number of likely N-dealkylation sites (tertiary alicyclic amines) is 1. The lowest BCUT2D eigenvalue weighted by Crippen LogP contribution is -2.33. The second-order valence-corrected chi connectivity index (χ2v) is 13.6. The molecule has 43 heavy (non-hydrogen) atoms. The third-order valence-electron chi connectivity index (χ3n) is 7.87. The lowest BCUT2D eigenvalue weighted by molar-refractivity contribution is 0.193. The third kappa shape index (κ3) is 10.4. The van der Waals surface area contributed by atoms with Crippen molar-refractivity contribution in [2.75, 3.05) is 39.3 Å². The van der Waals surface area contributed by atoms with Crippen LogP contribution < -0.4 is 28.2 Å². The van der Waals surface area contributed by atoms with Crippen molar-refractivity contribution < 1.29 is 4.39 Å². The number of nitrogens with zero attached hydrogens (tertiary/aromatic N) is 4. The second kappa shape index (κ2) is 14.9. The number of hydrogen-bond acceptors (Lipinski definition) is 6. The van der Waals surface area contributed by atoms with E-state index in [1.807, 2.05) is 30.5 Å². The molecule has 10 nitrogen and oxygen atoms in total. The number of alkyl halides is 1. The van der Waals surface area contributed by atoms with Gasteiger partial charge >= 0.3 is 5.69 Å². The lowest BCUT2D eigenvalue weighted by atomic mass is 9.80. The minimum Gasteiger partial charge on any atom is -0.370 e. The second-order valence-electron chi connectivity index (χ2n) is 13.6. The summed E-state index contributed by atoms with van der Waals surface area (Å²) < 4.78 is 14.6. The summed E-state index contributed by atoms with van der Waals surface area (Å²) in [6, 6.07) is 9.93. The number of nitrogens with two attached hydrogens (primary N) is 3. The third-order valence-corrected chi connectivity index (χ3v) is 7.87. The molecule has 8 N–H and O–H groups in total. The number of rotatable bonds is 10. The molecule has 0 saturated carbocycles. The first kappa shape index (κ1) is 34.2. The predicted octanol–water partition coefficient (Wildman–Crippen LogP) is 3.42. The Labute approximate surface area is 255 Å². The van der Waals surface area contributed by atoms with E-state index in [-0.39, 0.29) is 23.6 Å². The molecule has 4 rings (SSSR count). The van der Waals surface area contributed by atoms with Gasteiger partial charge in [-0.25, -0.2) is 9.18 Å². The zero-order chi connectivity index (χ0) is 31.8. The molecule has 1 aromatic carbocycles. The van der Waals surface area contributed by atoms with Crippen molar-refractivity contribution in [3.05, 3.63) is 58.3 Å². The highest BCUT2D eigenvalue weighted by Crippen LogP contribution is 2.33. The van der Waals surface area contributed by atoms with Gasteiger partial charge in [0.2, 0.25) is 0 Å². The predicted molar refractivity (Wildman–Crippen MR) is 175 cm³/mol. The van der Waals surface area contributed by atoms with Crippen LogP contribution in [0.3, 0.4) is 0 Å². The SMILES string of the molecule is CC(C)(C)C1CCN(CC(F)CN)C1.CC(C)(C)c1cc2cn(-c3ccc(CNCCCN=C(N)N)cc3)c(=O)nc2[nH]1. The average Bonchev–Trinajstić information content (AvgIpc) is 3.58. The molecular weight excluding hydrogens is 545 g/mol. The fraction of sp³-hybridized carbons (Fsp3) is 0.594. The molecule has 0 amide bonds. The van der Waals surface area contributed by atoms with Gasteiger partial charge in [-0.3, -0.25) is 9.56 Å². The highest BCUT2D eigenvalue weighted by atomic mass is 19.1. The van der Waals surface area contributed by atoms with Crippen LogP contribution in [0.2, 0.25) is 0 Å². The van der Waals surface area contributed by atoms with E-state index in [4.69, 9.17) is 17.2 Å². The minimum absolute atomic E-state index is 0.0352. The molecule has 1 fully saturated rings. The van der Waals surface area contributed by atoms with Crippen LogP contribution in [-0.4, -0.2) is 70.8 Å². The van der Waals surface area contributed by atoms with Gasteiger partial charge in [0.25, 0.3) is 0 Å². The Hall–Kier alpha value is -3.28. The molecule has 3 aromatic rings. The summed E-state index contributed by atoms with van der Waals surface area (Å²) in [5, 5.41) is 4.27. The molecule has 3 heterocycles. The Morgan fingerprint density at radius 2 is 1.88 bits per heavy atom. The molecule has 1 aliphatic heterocycles. The molecule has 11 heteroatoms. The molecule has 2 aromatic heterocycles. The molecule has 238 valence electrons. The first-order valence-corrected chi connectivity index (χ1v) is 15.2. The van der Waals surface area contributed by atoms with Crippen LogP contribution in [0.15, 0.2) is 46.3 Å². The first-order valence-electron chi connectivity index (χ1n) is 15.2. The van der Waals surface area contributed by atoms with Gasteiger partial charge in [-0.1, -0.05) is 53.7 Å². The molecule has 1 aliphatic rings. The standard InChI is InChI=1S/C21H29N7O.C11H23FN2/c1-21(2,3)17-11-15-13-28(20(29)27-18(15)26-17)16-7-5-14(6-8-16)12-24-9-4-10-25-19(22)23;1-11(2,3)9-4-5-14(7-9)8-10(12)6-13/h5-8,11,13,24H,4,9-10,12H2,1-3H3,(H4,22,23,25)(H,26,27,29);9-10H,4-8,13H2,1-3H3. The molecule has 0 spiro atoms. The number of aromatic amines is 1. The fourth-order valence-corrected chi connectivity index (χ4v) is 5.06. The first-order chi connectivity index (χ1) is 20.2. The number of H-pyrrole nitrogens is 1. The normalized spacial score (nSPS) is 16.6. The molecule has 0 aliphatic carbocycles. The van der Waals surface area contributed by atoms with E-state index in [1.165, 1.54) is 6.42 Å². The van der Waals surface area contributed by atoms with Gasteiger partial charge in [-0.2, -0.15) is 4.98 Å². The summed E-state index contributed by atoms with van der Waals surface area (Å²) in [7, 11) is 0. The minimum atomic E-state index is -0.853. The van der Waals surface area contributed by atoms with Crippen LogP contribution in [-0.2, 0) is 12.0 Å². The molecule has 0 radical (unpaired) electrons. The summed E-state index contributed by atoms with van der Waals surface area (Å²) in [4.78, 5) is 26.1. The van der Waals surface area contributed by atoms with Gasteiger partial charge in [0.05, 0.1) is 5.69 Å². The summed E-state index contributed by atoms with van der Waals surface area (Å²) in [6.07, 6.45) is 3.05. The number of nitrogens with one attached hydrogen (secondary N) is 2. The molecule has 2 unspecified atom stereocenters. The van der Waals surface area contributed by atoms with Crippen molar-refractivity contribution in [3.8, 4) is 5.69 Å². The highest BCUT2D eigenvalue weighted by Gasteiger charge is 2.32. The van der Waals surface area contributed by atoms with Crippen LogP contribution in [0, 0.1) is 11.3 Å². The van der Waals surface area contributed by atoms with Crippen LogP contribution in [0.25, 0.3) is 16.7 Å². The fourth-order valence-electron chi connectivity index (χ4n) is 5.06. The Morgan fingerprint density at radius 1 is 1.19 bits per heavy atom. The number of aliphatic imine (C=N–C) groups is 1. The number of aromatic nitrogens is 3. The van der Waals surface area contributed by atoms with Crippen LogP contribution in [0.5, 0.6) is 0 Å². The summed E-state index contributed by atoms with van der Waals surface area (Å²) in [5.74, 6) is 0.824. The molecular formula is C32H52FN9O. The zero-order valence-corrected chi connectivity index (χ0v) is 26.8. The summed E-state index contributed by atoms with van der Waals surface area (Å²) in [5.41, 5.74) is 19.5. The van der Waals surface area contributed by atoms with Crippen LogP contribution in [0.1, 0.15) is 65.6 Å². The largest absolute Gasteiger partial charge is 0.370 e. The average molecular weight is 598 g/mol. The molecule has 2 atom stereocenters. The maximum atomic E-state index is 13.0. The quantitative estimate of drug-likeness (QED) is 0.136. The van der Waals surface area contributed by atoms with Gasteiger partial charge in [0, 0.05) is 55.4 Å². The van der Waals surface area contributed by atoms with Crippen molar-refractivity contribution in [3.63, 3.8) is 0 Å². The number of hydrogen-bond donors (Lipinski definition) is 5. The van der Waals surface area contributed by atoms with Crippen molar-refractivity contribution in [2.24, 2.45) is 33.5 Å². The van der Waals surface area contributed by atoms with E-state index in [9.17, 15) is 9.18 Å². The summed E-state index contributed by atoms with van der Waals surface area (Å²) in [6.45, 7) is 18.1. The Kier molecular flexibility index (Phi) is 11.9. The Balaban J connectivity index is 0.000000303. The van der Waals surface area contributed by atoms with E-state index < -0.39 is 6.17 Å². The Bertz CT molecular complexity index is 1380. The summed E-state index contributed by atoms with van der Waals surface area (Å²) >= 11 is 0. The lowest BCUT2D eigenvalue weighted by Gasteiger charge is -2.27. The van der Waals surface area contributed by atoms with Gasteiger partial charge in [-0.05, 0) is 61.0 Å². The Morgan fingerprint density at radius 3 is 2.47 bits per heavy atom. The van der Waals surface area contributed by atoms with E-state index in [2.05, 4.69) is 72.8 Å². The highest BCUT2D eigenvalue weighted by molar-refractivity contribution is 5.76. The smallest absolute Gasteiger partial charge is 0.354 e. The molecule has 0 bridgehead atoms. The number of guanidine groups is 1. The zero-order valence-electron chi connectivity index (χ0n) is 26.8. The van der Waals surface area contributed by atoms with Crippen molar-refractivity contribution >= 4 is 17.0 Å². The van der Waals surface area contributed by atoms with Crippen LogP contribution in [0.4, 0.5) is 4.39 Å². The monoisotopic (exact) mass is 597 g/mol. The van der Waals surface area contributed by atoms with Gasteiger partial charge in [0.1, 0.15) is 11.8 Å². The van der Waals surface area contributed by atoms with Crippen molar-refractivity contribution in [2.45, 2.75) is 72.5 Å². The van der Waals surface area contributed by atoms with E-state index in [1.54, 1.807) is 4.57 Å². The maximum Gasteiger partial charge on any atom is 0.354 e.